The van der Waals surface area contributed by atoms with Gasteiger partial charge in [0, 0.05) is 12.2 Å². The molecule has 7 heteroatoms. The van der Waals surface area contributed by atoms with Gasteiger partial charge in [0.15, 0.2) is 5.17 Å². The van der Waals surface area contributed by atoms with Gasteiger partial charge in [0.2, 0.25) is 0 Å². The number of rotatable bonds is 3. The first-order valence-electron chi connectivity index (χ1n) is 8.63. The Labute approximate surface area is 150 Å². The van der Waals surface area contributed by atoms with Crippen LogP contribution in [0.5, 0.6) is 0 Å². The topological polar surface area (TPSA) is 80.6 Å². The molecule has 1 amide bonds. The van der Waals surface area contributed by atoms with E-state index in [1.807, 2.05) is 6.92 Å². The minimum atomic E-state index is -0.842. The van der Waals surface area contributed by atoms with Gasteiger partial charge in [-0.2, -0.15) is 4.99 Å². The molecule has 0 radical (unpaired) electrons. The molecule has 4 atom stereocenters. The Morgan fingerprint density at radius 2 is 2.24 bits per heavy atom. The molecule has 0 spiro atoms. The molecule has 25 heavy (non-hydrogen) atoms. The Kier molecular flexibility index (Phi) is 4.06. The van der Waals surface area contributed by atoms with Crippen LogP contribution >= 0.6 is 11.8 Å². The van der Waals surface area contributed by atoms with Gasteiger partial charge in [-0.3, -0.25) is 4.79 Å². The molecular weight excluding hydrogens is 338 g/mol. The van der Waals surface area contributed by atoms with Crippen LogP contribution in [0.1, 0.15) is 48.7 Å². The molecule has 1 N–H and O–H groups in total. The summed E-state index contributed by atoms with van der Waals surface area (Å²) in [6, 6.07) is 3.81. The molecular formula is C18H21N3O3S. The second kappa shape index (κ2) is 6.12. The van der Waals surface area contributed by atoms with Crippen molar-refractivity contribution >= 4 is 28.8 Å². The smallest absolute Gasteiger partial charge is 0.356 e. The highest BCUT2D eigenvalue weighted by Gasteiger charge is 2.46. The molecule has 2 bridgehead atoms. The van der Waals surface area contributed by atoms with Crippen LogP contribution in [-0.4, -0.2) is 35.2 Å². The number of pyridine rings is 1. The number of carbonyl (C=O) groups excluding carboxylic acids is 2. The molecule has 4 rings (SSSR count). The summed E-state index contributed by atoms with van der Waals surface area (Å²) in [5, 5.41) is 4.19. The lowest BCUT2D eigenvalue weighted by molar-refractivity contribution is -0.119. The normalized spacial score (nSPS) is 33.4. The largest absolute Gasteiger partial charge is 0.464 e. The lowest BCUT2D eigenvalue weighted by atomic mass is 9.96. The third-order valence-electron chi connectivity index (χ3n) is 5.66. The van der Waals surface area contributed by atoms with Crippen LogP contribution in [-0.2, 0) is 14.3 Å². The number of carbonyl (C=O) groups is 2. The highest BCUT2D eigenvalue weighted by Crippen LogP contribution is 2.46. The van der Waals surface area contributed by atoms with Gasteiger partial charge < -0.3 is 10.1 Å². The molecule has 0 saturated heterocycles. The number of hydrogen-bond acceptors (Lipinski definition) is 6. The predicted octanol–water partition coefficient (Wildman–Crippen LogP) is 2.49. The van der Waals surface area contributed by atoms with Crippen molar-refractivity contribution in [2.45, 2.75) is 43.4 Å². The molecule has 132 valence electrons. The maximum absolute atomic E-state index is 12.6. The minimum Gasteiger partial charge on any atom is -0.464 e. The quantitative estimate of drug-likeness (QED) is 0.835. The zero-order valence-corrected chi connectivity index (χ0v) is 15.1. The van der Waals surface area contributed by atoms with Gasteiger partial charge in [-0.05, 0) is 55.7 Å². The van der Waals surface area contributed by atoms with E-state index in [-0.39, 0.29) is 11.6 Å². The SMILES string of the molecule is COC(=O)c1cc(C2(C)SC(NC3CC4CCC3C4)=NC2=O)ccn1. The Hall–Kier alpha value is -1.89. The third-order valence-corrected chi connectivity index (χ3v) is 6.89. The highest BCUT2D eigenvalue weighted by atomic mass is 32.2. The van der Waals surface area contributed by atoms with Gasteiger partial charge in [-0.1, -0.05) is 18.2 Å². The van der Waals surface area contributed by atoms with Crippen LogP contribution in [0.3, 0.4) is 0 Å². The molecule has 2 fully saturated rings. The molecule has 2 heterocycles. The second-order valence-corrected chi connectivity index (χ2v) is 8.61. The average molecular weight is 359 g/mol. The monoisotopic (exact) mass is 359 g/mol. The molecule has 4 unspecified atom stereocenters. The Morgan fingerprint density at radius 1 is 1.40 bits per heavy atom. The van der Waals surface area contributed by atoms with Gasteiger partial charge in [0.1, 0.15) is 10.4 Å². The van der Waals surface area contributed by atoms with Crippen molar-refractivity contribution in [3.8, 4) is 0 Å². The van der Waals surface area contributed by atoms with Crippen molar-refractivity contribution < 1.29 is 14.3 Å². The number of methoxy groups -OCH3 is 1. The van der Waals surface area contributed by atoms with Crippen molar-refractivity contribution in [2.75, 3.05) is 7.11 Å². The number of nitrogens with one attached hydrogen (secondary N) is 1. The van der Waals surface area contributed by atoms with Crippen molar-refractivity contribution in [3.63, 3.8) is 0 Å². The number of aromatic nitrogens is 1. The van der Waals surface area contributed by atoms with Gasteiger partial charge >= 0.3 is 5.97 Å². The maximum atomic E-state index is 12.6. The summed E-state index contributed by atoms with van der Waals surface area (Å²) >= 11 is 1.43. The standard InChI is InChI=1S/C18H21N3O3S/c1-18(12-5-6-19-14(9-12)15(22)24-2)16(23)21-17(25-18)20-13-8-10-3-4-11(13)7-10/h5-6,9-11,13H,3-4,7-8H2,1-2H3,(H,20,21,23). The number of fused-ring (bicyclic) bond motifs is 2. The van der Waals surface area contributed by atoms with Crippen LogP contribution in [0.15, 0.2) is 23.3 Å². The fourth-order valence-corrected chi connectivity index (χ4v) is 5.33. The lowest BCUT2D eigenvalue weighted by Crippen LogP contribution is -2.37. The van der Waals surface area contributed by atoms with E-state index < -0.39 is 10.7 Å². The first kappa shape index (κ1) is 16.6. The summed E-state index contributed by atoms with van der Waals surface area (Å²) in [4.78, 5) is 32.6. The molecule has 2 saturated carbocycles. The van der Waals surface area contributed by atoms with Gasteiger partial charge in [-0.25, -0.2) is 9.78 Å². The summed E-state index contributed by atoms with van der Waals surface area (Å²) in [5.74, 6) is 0.828. The van der Waals surface area contributed by atoms with Gasteiger partial charge in [0.25, 0.3) is 5.91 Å². The van der Waals surface area contributed by atoms with E-state index in [1.165, 1.54) is 50.8 Å². The molecule has 6 nitrogen and oxygen atoms in total. The Morgan fingerprint density at radius 3 is 2.92 bits per heavy atom. The molecule has 1 aromatic rings. The van der Waals surface area contributed by atoms with E-state index in [2.05, 4.69) is 15.3 Å². The Bertz CT molecular complexity index is 766. The summed E-state index contributed by atoms with van der Waals surface area (Å²) in [5.41, 5.74) is 0.913. The fourth-order valence-electron chi connectivity index (χ4n) is 4.23. The van der Waals surface area contributed by atoms with E-state index in [0.717, 1.165) is 5.92 Å². The minimum absolute atomic E-state index is 0.198. The predicted molar refractivity (Wildman–Crippen MR) is 95.3 cm³/mol. The van der Waals surface area contributed by atoms with E-state index in [1.54, 1.807) is 12.1 Å². The zero-order valence-electron chi connectivity index (χ0n) is 14.3. The maximum Gasteiger partial charge on any atom is 0.356 e. The molecule has 1 aliphatic heterocycles. The number of aliphatic imine (C=N–C) groups is 1. The third kappa shape index (κ3) is 2.84. The van der Waals surface area contributed by atoms with Crippen LogP contribution in [0.4, 0.5) is 0 Å². The number of hydrogen-bond donors (Lipinski definition) is 1. The average Bonchev–Trinajstić information content (AvgIpc) is 3.30. The Balaban J connectivity index is 1.51. The number of nitrogens with zero attached hydrogens (tertiary/aromatic N) is 2. The summed E-state index contributed by atoms with van der Waals surface area (Å²) in [7, 11) is 1.31. The molecule has 2 aliphatic carbocycles. The van der Waals surface area contributed by atoms with Crippen LogP contribution in [0.2, 0.25) is 0 Å². The molecule has 1 aromatic heterocycles. The second-order valence-electron chi connectivity index (χ2n) is 7.20. The summed E-state index contributed by atoms with van der Waals surface area (Å²) < 4.78 is 3.88. The van der Waals surface area contributed by atoms with Gasteiger partial charge in [0.05, 0.1) is 7.11 Å². The van der Waals surface area contributed by atoms with E-state index in [4.69, 9.17) is 4.74 Å². The zero-order chi connectivity index (χ0) is 17.6. The van der Waals surface area contributed by atoms with E-state index in [0.29, 0.717) is 22.7 Å². The number of esters is 1. The summed E-state index contributed by atoms with van der Waals surface area (Å²) in [6.07, 6.45) is 6.62. The van der Waals surface area contributed by atoms with Gasteiger partial charge in [-0.15, -0.1) is 0 Å². The van der Waals surface area contributed by atoms with E-state index >= 15 is 0 Å². The number of thioether (sulfide) groups is 1. The van der Waals surface area contributed by atoms with Crippen LogP contribution in [0.25, 0.3) is 0 Å². The fraction of sp³-hybridized carbons (Fsp3) is 0.556. The lowest BCUT2D eigenvalue weighted by Gasteiger charge is -2.25. The first-order valence-corrected chi connectivity index (χ1v) is 9.45. The highest BCUT2D eigenvalue weighted by molar-refractivity contribution is 8.15. The molecule has 0 aromatic carbocycles. The van der Waals surface area contributed by atoms with Crippen LogP contribution in [0, 0.1) is 11.8 Å². The van der Waals surface area contributed by atoms with Crippen molar-refractivity contribution in [1.82, 2.24) is 10.3 Å². The number of ether oxygens (including phenoxy) is 1. The number of amides is 1. The number of amidine groups is 1. The van der Waals surface area contributed by atoms with Crippen molar-refractivity contribution in [3.05, 3.63) is 29.6 Å². The van der Waals surface area contributed by atoms with Crippen molar-refractivity contribution in [2.24, 2.45) is 16.8 Å². The summed E-state index contributed by atoms with van der Waals surface area (Å²) in [6.45, 7) is 1.84. The van der Waals surface area contributed by atoms with Crippen molar-refractivity contribution in [1.29, 1.82) is 0 Å². The first-order chi connectivity index (χ1) is 12.0. The van der Waals surface area contributed by atoms with Crippen LogP contribution < -0.4 is 5.32 Å². The van der Waals surface area contributed by atoms with E-state index in [9.17, 15) is 9.59 Å². The molecule has 3 aliphatic rings.